The highest BCUT2D eigenvalue weighted by molar-refractivity contribution is 5.95. The number of benzene rings is 1. The molecule has 2 fully saturated rings. The maximum absolute atomic E-state index is 13.4. The Bertz CT molecular complexity index is 1160. The minimum atomic E-state index is -4.62. The number of alkyl halides is 3. The fraction of sp³-hybridized carbons (Fsp3) is 0.643. The lowest BCUT2D eigenvalue weighted by Gasteiger charge is -2.40. The Labute approximate surface area is 220 Å². The van der Waals surface area contributed by atoms with Crippen molar-refractivity contribution in [3.05, 3.63) is 46.1 Å². The molecule has 0 bridgehead atoms. The number of imidazole rings is 1. The van der Waals surface area contributed by atoms with Gasteiger partial charge in [-0.2, -0.15) is 13.2 Å². The van der Waals surface area contributed by atoms with E-state index in [1.165, 1.54) is 38.5 Å². The van der Waals surface area contributed by atoms with E-state index in [1.54, 1.807) is 12.1 Å². The average molecular weight is 535 g/mol. The second-order valence-electron chi connectivity index (χ2n) is 11.3. The van der Waals surface area contributed by atoms with Gasteiger partial charge in [0.05, 0.1) is 12.6 Å². The molecule has 2 heterocycles. The molecule has 3 aliphatic rings. The normalized spacial score (nSPS) is 21.8. The molecule has 2 saturated carbocycles. The molecule has 2 atom stereocenters. The molecule has 5 rings (SSSR count). The first-order chi connectivity index (χ1) is 18.2. The monoisotopic (exact) mass is 534 g/mol. The molecule has 1 amide bonds. The summed E-state index contributed by atoms with van der Waals surface area (Å²) in [4.78, 5) is 27.2. The molecule has 0 saturated heterocycles. The number of nitrogens with two attached hydrogens (primary N) is 1. The standard InChI is InChI=1S/C28H37F3N4O3/c29-28(30,31)23-16-35(27(37)34-23)15-21-13-19-11-12-20(14-22(19)38-21)33-26(36)25(32)24(17-7-3-1-4-8-17)18-9-5-2-6-10-18/h11-12,14,16-18,21,24-25H,1-10,13,15,32H2,(H,33,36)(H,34,37)/t21?,25-/m0/s1. The summed E-state index contributed by atoms with van der Waals surface area (Å²) in [5, 5.41) is 2.99. The van der Waals surface area contributed by atoms with E-state index >= 15 is 0 Å². The van der Waals surface area contributed by atoms with Gasteiger partial charge in [-0.15, -0.1) is 0 Å². The molecule has 1 aromatic heterocycles. The fourth-order valence-electron chi connectivity index (χ4n) is 6.82. The SMILES string of the molecule is N[C@H](C(=O)Nc1ccc2c(c1)OC(Cn1cc(C(F)(F)F)[nH]c1=O)C2)C(C1CCCCC1)C1CCCCC1. The van der Waals surface area contributed by atoms with Crippen LogP contribution in [0, 0.1) is 17.8 Å². The van der Waals surface area contributed by atoms with E-state index in [0.29, 0.717) is 29.7 Å². The summed E-state index contributed by atoms with van der Waals surface area (Å²) < 4.78 is 45.7. The van der Waals surface area contributed by atoms with Gasteiger partial charge in [0.2, 0.25) is 5.91 Å². The highest BCUT2D eigenvalue weighted by atomic mass is 19.4. The van der Waals surface area contributed by atoms with Crippen molar-refractivity contribution in [2.45, 2.75) is 95.5 Å². The van der Waals surface area contributed by atoms with Crippen LogP contribution in [0.5, 0.6) is 5.75 Å². The topological polar surface area (TPSA) is 102 Å². The van der Waals surface area contributed by atoms with Gasteiger partial charge in [-0.1, -0.05) is 70.3 Å². The molecule has 0 radical (unpaired) electrons. The van der Waals surface area contributed by atoms with Crippen molar-refractivity contribution in [3.63, 3.8) is 0 Å². The quantitative estimate of drug-likeness (QED) is 0.452. The van der Waals surface area contributed by atoms with Gasteiger partial charge in [-0.25, -0.2) is 4.79 Å². The molecular formula is C28H37F3N4O3. The molecule has 2 aromatic rings. The van der Waals surface area contributed by atoms with Crippen LogP contribution in [0.2, 0.25) is 0 Å². The van der Waals surface area contributed by atoms with Crippen molar-refractivity contribution < 1.29 is 22.7 Å². The zero-order valence-corrected chi connectivity index (χ0v) is 21.6. The van der Waals surface area contributed by atoms with Crippen molar-refractivity contribution in [2.24, 2.45) is 23.5 Å². The Morgan fingerprint density at radius 3 is 2.29 bits per heavy atom. The molecule has 1 aromatic carbocycles. The highest BCUT2D eigenvalue weighted by Crippen LogP contribution is 2.41. The van der Waals surface area contributed by atoms with Crippen LogP contribution in [0.25, 0.3) is 0 Å². The van der Waals surface area contributed by atoms with Crippen LogP contribution < -0.4 is 21.5 Å². The van der Waals surface area contributed by atoms with Crippen LogP contribution in [-0.2, 0) is 23.9 Å². The predicted octanol–water partition coefficient (Wildman–Crippen LogP) is 5.24. The number of aromatic nitrogens is 2. The second kappa shape index (κ2) is 11.2. The molecule has 7 nitrogen and oxygen atoms in total. The lowest BCUT2D eigenvalue weighted by atomic mass is 9.66. The van der Waals surface area contributed by atoms with Gasteiger partial charge < -0.3 is 20.8 Å². The van der Waals surface area contributed by atoms with E-state index in [4.69, 9.17) is 10.5 Å². The molecule has 10 heteroatoms. The van der Waals surface area contributed by atoms with E-state index in [9.17, 15) is 22.8 Å². The second-order valence-corrected chi connectivity index (χ2v) is 11.3. The number of aromatic amines is 1. The van der Waals surface area contributed by atoms with Gasteiger partial charge in [0.25, 0.3) is 0 Å². The molecule has 208 valence electrons. The Hall–Kier alpha value is -2.75. The fourth-order valence-corrected chi connectivity index (χ4v) is 6.82. The van der Waals surface area contributed by atoms with E-state index in [1.807, 2.05) is 11.1 Å². The number of H-pyrrole nitrogens is 1. The van der Waals surface area contributed by atoms with Crippen LogP contribution in [0.4, 0.5) is 18.9 Å². The zero-order valence-electron chi connectivity index (χ0n) is 21.6. The smallest absolute Gasteiger partial charge is 0.432 e. The molecule has 1 unspecified atom stereocenters. The van der Waals surface area contributed by atoms with E-state index in [-0.39, 0.29) is 18.4 Å². The van der Waals surface area contributed by atoms with Gasteiger partial charge in [0, 0.05) is 24.4 Å². The lowest BCUT2D eigenvalue weighted by Crippen LogP contribution is -2.48. The Balaban J connectivity index is 1.24. The van der Waals surface area contributed by atoms with Crippen LogP contribution >= 0.6 is 0 Å². The van der Waals surface area contributed by atoms with E-state index in [2.05, 4.69) is 5.32 Å². The van der Waals surface area contributed by atoms with Crippen LogP contribution in [0.1, 0.15) is 75.5 Å². The van der Waals surface area contributed by atoms with Crippen molar-refractivity contribution in [2.75, 3.05) is 5.32 Å². The lowest BCUT2D eigenvalue weighted by molar-refractivity contribution is -0.141. The van der Waals surface area contributed by atoms with Gasteiger partial charge in [0.15, 0.2) is 0 Å². The average Bonchev–Trinajstić information content (AvgIpc) is 3.48. The maximum Gasteiger partial charge on any atom is 0.432 e. The summed E-state index contributed by atoms with van der Waals surface area (Å²) in [6.45, 7) is -0.0167. The third-order valence-corrected chi connectivity index (χ3v) is 8.67. The van der Waals surface area contributed by atoms with Crippen LogP contribution in [0.3, 0.4) is 0 Å². The van der Waals surface area contributed by atoms with Gasteiger partial charge in [-0.3, -0.25) is 9.36 Å². The number of halogens is 3. The molecule has 0 spiro atoms. The van der Waals surface area contributed by atoms with Gasteiger partial charge >= 0.3 is 11.9 Å². The van der Waals surface area contributed by atoms with E-state index < -0.39 is 29.7 Å². The summed E-state index contributed by atoms with van der Waals surface area (Å²) in [7, 11) is 0. The number of nitrogens with one attached hydrogen (secondary N) is 2. The summed E-state index contributed by atoms with van der Waals surface area (Å²) in [5.74, 6) is 1.54. The maximum atomic E-state index is 13.4. The molecule has 4 N–H and O–H groups in total. The number of carbonyl (C=O) groups is 1. The Morgan fingerprint density at radius 1 is 1.08 bits per heavy atom. The van der Waals surface area contributed by atoms with Crippen molar-refractivity contribution in [3.8, 4) is 5.75 Å². The number of carbonyl (C=O) groups excluding carboxylic acids is 1. The highest BCUT2D eigenvalue weighted by Gasteiger charge is 2.38. The number of ether oxygens (including phenoxy) is 1. The van der Waals surface area contributed by atoms with Crippen molar-refractivity contribution in [1.29, 1.82) is 0 Å². The molecular weight excluding hydrogens is 497 g/mol. The summed E-state index contributed by atoms with van der Waals surface area (Å²) in [6, 6.07) is 4.80. The van der Waals surface area contributed by atoms with Crippen LogP contribution in [-0.4, -0.2) is 27.6 Å². The number of fused-ring (bicyclic) bond motifs is 1. The van der Waals surface area contributed by atoms with Gasteiger partial charge in [-0.05, 0) is 29.4 Å². The minimum absolute atomic E-state index is 0.0167. The Morgan fingerprint density at radius 2 is 1.71 bits per heavy atom. The summed E-state index contributed by atoms with van der Waals surface area (Å²) >= 11 is 0. The van der Waals surface area contributed by atoms with Gasteiger partial charge in [0.1, 0.15) is 17.5 Å². The molecule has 1 aliphatic heterocycles. The number of hydrogen-bond donors (Lipinski definition) is 3. The summed E-state index contributed by atoms with van der Waals surface area (Å²) in [5.41, 5.74) is 6.22. The number of anilines is 1. The van der Waals surface area contributed by atoms with Crippen molar-refractivity contribution >= 4 is 11.6 Å². The zero-order chi connectivity index (χ0) is 26.9. The number of amides is 1. The van der Waals surface area contributed by atoms with Crippen molar-refractivity contribution in [1.82, 2.24) is 9.55 Å². The molecule has 2 aliphatic carbocycles. The first kappa shape index (κ1) is 26.8. The minimum Gasteiger partial charge on any atom is -0.488 e. The third kappa shape index (κ3) is 5.95. The number of rotatable bonds is 7. The predicted molar refractivity (Wildman–Crippen MR) is 138 cm³/mol. The number of hydrogen-bond acceptors (Lipinski definition) is 4. The third-order valence-electron chi connectivity index (χ3n) is 8.67. The summed E-state index contributed by atoms with van der Waals surface area (Å²) in [6.07, 6.45) is 8.03. The molecule has 38 heavy (non-hydrogen) atoms. The first-order valence-corrected chi connectivity index (χ1v) is 13.9. The Kier molecular flexibility index (Phi) is 7.88. The van der Waals surface area contributed by atoms with Crippen LogP contribution in [0.15, 0.2) is 29.2 Å². The largest absolute Gasteiger partial charge is 0.488 e. The number of nitrogens with zero attached hydrogens (tertiary/aromatic N) is 1. The van der Waals surface area contributed by atoms with E-state index in [0.717, 1.165) is 42.0 Å². The first-order valence-electron chi connectivity index (χ1n) is 13.9.